The Kier molecular flexibility index (Phi) is 3.86. The first kappa shape index (κ1) is 13.6. The molecule has 3 N–H and O–H groups in total. The minimum Gasteiger partial charge on any atom is -0.478 e. The molecular formula is C8H10N2O5S2. The first-order valence-corrected chi connectivity index (χ1v) is 6.63. The number of nitrogens with zero attached hydrogens (tertiary/aromatic N) is 1. The highest BCUT2D eigenvalue weighted by molar-refractivity contribution is 7.91. The Morgan fingerprint density at radius 1 is 1.53 bits per heavy atom. The van der Waals surface area contributed by atoms with Gasteiger partial charge in [0, 0.05) is 12.4 Å². The molecule has 0 radical (unpaired) electrons. The Bertz CT molecular complexity index is 548. The Morgan fingerprint density at radius 3 is 2.53 bits per heavy atom. The van der Waals surface area contributed by atoms with E-state index in [2.05, 4.69) is 0 Å². The fourth-order valence-electron chi connectivity index (χ4n) is 1.02. The van der Waals surface area contributed by atoms with E-state index < -0.39 is 28.4 Å². The third-order valence-corrected chi connectivity index (χ3v) is 5.08. The maximum absolute atomic E-state index is 11.8. The molecule has 9 heteroatoms. The van der Waals surface area contributed by atoms with Crippen LogP contribution >= 0.6 is 11.3 Å². The van der Waals surface area contributed by atoms with Crippen molar-refractivity contribution in [1.29, 1.82) is 0 Å². The number of carboxylic acid groups (broad SMARTS) is 1. The van der Waals surface area contributed by atoms with Crippen molar-refractivity contribution in [3.8, 4) is 0 Å². The highest BCUT2D eigenvalue weighted by Gasteiger charge is 2.24. The van der Waals surface area contributed by atoms with Crippen LogP contribution in [0.3, 0.4) is 0 Å². The topological polar surface area (TPSA) is 118 Å². The van der Waals surface area contributed by atoms with E-state index in [0.29, 0.717) is 0 Å². The van der Waals surface area contributed by atoms with Crippen molar-refractivity contribution in [2.45, 2.75) is 4.21 Å². The normalized spacial score (nSPS) is 11.6. The smallest absolute Gasteiger partial charge is 0.336 e. The van der Waals surface area contributed by atoms with Crippen molar-refractivity contribution in [3.63, 3.8) is 0 Å². The van der Waals surface area contributed by atoms with E-state index in [-0.39, 0.29) is 9.77 Å². The number of thiophene rings is 1. The van der Waals surface area contributed by atoms with Crippen molar-refractivity contribution in [2.75, 3.05) is 13.6 Å². The Hall–Kier alpha value is -1.45. The molecule has 17 heavy (non-hydrogen) atoms. The van der Waals surface area contributed by atoms with Crippen molar-refractivity contribution >= 4 is 33.2 Å². The fourth-order valence-corrected chi connectivity index (χ4v) is 3.52. The van der Waals surface area contributed by atoms with Crippen LogP contribution in [0.25, 0.3) is 0 Å². The molecule has 0 fully saturated rings. The number of hydrogen-bond donors (Lipinski definition) is 2. The van der Waals surface area contributed by atoms with E-state index in [1.165, 1.54) is 12.4 Å². The lowest BCUT2D eigenvalue weighted by Gasteiger charge is -2.13. The predicted octanol–water partition coefficient (Wildman–Crippen LogP) is -0.448. The van der Waals surface area contributed by atoms with Crippen molar-refractivity contribution in [2.24, 2.45) is 5.73 Å². The van der Waals surface area contributed by atoms with Crippen LogP contribution in [-0.2, 0) is 14.8 Å². The number of amides is 1. The molecule has 0 atom stereocenters. The number of hydrogen-bond acceptors (Lipinski definition) is 5. The molecule has 1 amide bonds. The molecule has 0 unspecified atom stereocenters. The minimum absolute atomic E-state index is 0.110. The van der Waals surface area contributed by atoms with Crippen LogP contribution in [0.5, 0.6) is 0 Å². The van der Waals surface area contributed by atoms with Gasteiger partial charge >= 0.3 is 5.97 Å². The van der Waals surface area contributed by atoms with Crippen LogP contribution in [0.2, 0.25) is 0 Å². The highest BCUT2D eigenvalue weighted by Crippen LogP contribution is 2.23. The molecule has 0 spiro atoms. The molecule has 0 aliphatic heterocycles. The molecule has 0 saturated heterocycles. The average molecular weight is 278 g/mol. The minimum atomic E-state index is -3.86. The number of primary amides is 1. The van der Waals surface area contributed by atoms with E-state index in [0.717, 1.165) is 21.7 Å². The molecular weight excluding hydrogens is 268 g/mol. The summed E-state index contributed by atoms with van der Waals surface area (Å²) >= 11 is 0.778. The van der Waals surface area contributed by atoms with Crippen LogP contribution in [-0.4, -0.2) is 43.3 Å². The van der Waals surface area contributed by atoms with E-state index in [1.54, 1.807) is 0 Å². The molecule has 0 aliphatic carbocycles. The number of carbonyl (C=O) groups excluding carboxylic acids is 1. The monoisotopic (exact) mass is 278 g/mol. The molecule has 1 rings (SSSR count). The van der Waals surface area contributed by atoms with Crippen molar-refractivity contribution in [1.82, 2.24) is 4.31 Å². The first-order valence-electron chi connectivity index (χ1n) is 4.31. The van der Waals surface area contributed by atoms with Gasteiger partial charge < -0.3 is 10.8 Å². The van der Waals surface area contributed by atoms with Gasteiger partial charge in [-0.05, 0) is 6.07 Å². The van der Waals surface area contributed by atoms with Gasteiger partial charge in [-0.3, -0.25) is 4.79 Å². The summed E-state index contributed by atoms with van der Waals surface area (Å²) in [4.78, 5) is 21.2. The molecule has 1 aromatic heterocycles. The number of nitrogens with two attached hydrogens (primary N) is 1. The largest absolute Gasteiger partial charge is 0.478 e. The molecule has 7 nitrogen and oxygen atoms in total. The molecule has 0 bridgehead atoms. The van der Waals surface area contributed by atoms with Crippen LogP contribution in [0.15, 0.2) is 15.7 Å². The van der Waals surface area contributed by atoms with Gasteiger partial charge in [-0.1, -0.05) is 0 Å². The third kappa shape index (κ3) is 3.02. The van der Waals surface area contributed by atoms with Gasteiger partial charge in [0.15, 0.2) is 0 Å². The summed E-state index contributed by atoms with van der Waals surface area (Å²) in [5.41, 5.74) is 4.78. The Morgan fingerprint density at radius 2 is 2.12 bits per heavy atom. The highest BCUT2D eigenvalue weighted by atomic mass is 32.2. The van der Waals surface area contributed by atoms with Crippen LogP contribution in [0.4, 0.5) is 0 Å². The molecule has 0 saturated carbocycles. The summed E-state index contributed by atoms with van der Waals surface area (Å²) in [5, 5.41) is 9.89. The van der Waals surface area contributed by atoms with Gasteiger partial charge in [0.2, 0.25) is 5.91 Å². The molecule has 0 aliphatic rings. The van der Waals surface area contributed by atoms with Gasteiger partial charge in [-0.25, -0.2) is 13.2 Å². The first-order chi connectivity index (χ1) is 7.75. The number of sulfonamides is 1. The van der Waals surface area contributed by atoms with Gasteiger partial charge in [0.1, 0.15) is 4.21 Å². The summed E-state index contributed by atoms with van der Waals surface area (Å²) in [7, 11) is -2.66. The van der Waals surface area contributed by atoms with Crippen molar-refractivity contribution < 1.29 is 23.1 Å². The third-order valence-electron chi connectivity index (χ3n) is 1.87. The summed E-state index contributed by atoms with van der Waals surface area (Å²) in [6.07, 6.45) is 0. The number of carbonyl (C=O) groups is 2. The maximum atomic E-state index is 11.8. The van der Waals surface area contributed by atoms with Gasteiger partial charge in [-0.2, -0.15) is 4.31 Å². The molecule has 94 valence electrons. The van der Waals surface area contributed by atoms with Gasteiger partial charge in [-0.15, -0.1) is 11.3 Å². The number of aromatic carboxylic acids is 1. The number of carboxylic acids is 1. The summed E-state index contributed by atoms with van der Waals surface area (Å²) in [6.45, 7) is -0.456. The SMILES string of the molecule is CN(CC(N)=O)S(=O)(=O)c1cc(C(=O)O)cs1. The van der Waals surface area contributed by atoms with E-state index in [4.69, 9.17) is 10.8 Å². The Balaban J connectivity index is 3.04. The maximum Gasteiger partial charge on any atom is 0.336 e. The number of rotatable bonds is 5. The zero-order chi connectivity index (χ0) is 13.2. The molecule has 1 heterocycles. The van der Waals surface area contributed by atoms with E-state index in [1.807, 2.05) is 0 Å². The standard InChI is InChI=1S/C8H10N2O5S2/c1-10(3-6(9)11)17(14,15)7-2-5(4-16-7)8(12)13/h2,4H,3H2,1H3,(H2,9,11)(H,12,13). The van der Waals surface area contributed by atoms with Crippen LogP contribution < -0.4 is 5.73 Å². The van der Waals surface area contributed by atoms with E-state index in [9.17, 15) is 18.0 Å². The summed E-state index contributed by atoms with van der Waals surface area (Å²) < 4.78 is 24.3. The van der Waals surface area contributed by atoms with Crippen molar-refractivity contribution in [3.05, 3.63) is 17.0 Å². The molecule has 1 aromatic rings. The second-order valence-electron chi connectivity index (χ2n) is 3.19. The van der Waals surface area contributed by atoms with E-state index >= 15 is 0 Å². The second-order valence-corrected chi connectivity index (χ2v) is 6.37. The fraction of sp³-hybridized carbons (Fsp3) is 0.250. The van der Waals surface area contributed by atoms with Gasteiger partial charge in [0.05, 0.1) is 12.1 Å². The lowest BCUT2D eigenvalue weighted by atomic mass is 10.4. The average Bonchev–Trinajstić information content (AvgIpc) is 2.65. The van der Waals surface area contributed by atoms with Gasteiger partial charge in [0.25, 0.3) is 10.0 Å². The zero-order valence-electron chi connectivity index (χ0n) is 8.78. The van der Waals surface area contributed by atoms with Crippen LogP contribution in [0, 0.1) is 0 Å². The molecule has 0 aromatic carbocycles. The second kappa shape index (κ2) is 4.82. The predicted molar refractivity (Wildman–Crippen MR) is 60.3 cm³/mol. The zero-order valence-corrected chi connectivity index (χ0v) is 10.4. The Labute approximate surface area is 102 Å². The number of likely N-dealkylation sites (N-methyl/N-ethyl adjacent to an activating group) is 1. The lowest BCUT2D eigenvalue weighted by molar-refractivity contribution is -0.118. The summed E-state index contributed by atoms with van der Waals surface area (Å²) in [6, 6.07) is 1.04. The van der Waals surface area contributed by atoms with Crippen LogP contribution in [0.1, 0.15) is 10.4 Å². The summed E-state index contributed by atoms with van der Waals surface area (Å²) in [5.74, 6) is -1.99. The quantitative estimate of drug-likeness (QED) is 0.756. The lowest BCUT2D eigenvalue weighted by Crippen LogP contribution is -2.35.